The number of aromatic amines is 1. The highest BCUT2D eigenvalue weighted by Gasteiger charge is 2.23. The number of pyridine rings is 1. The minimum Gasteiger partial charge on any atom is -0.354 e. The van der Waals surface area contributed by atoms with Gasteiger partial charge in [-0.05, 0) is 80.1 Å². The van der Waals surface area contributed by atoms with E-state index in [1.807, 2.05) is 24.6 Å². The summed E-state index contributed by atoms with van der Waals surface area (Å²) in [7, 11) is 0. The summed E-state index contributed by atoms with van der Waals surface area (Å²) in [4.78, 5) is 22.4. The van der Waals surface area contributed by atoms with Crippen molar-refractivity contribution in [3.8, 4) is 11.3 Å². The van der Waals surface area contributed by atoms with Crippen LogP contribution < -0.4 is 0 Å². The highest BCUT2D eigenvalue weighted by Crippen LogP contribution is 2.38. The number of Topliss-reactive ketones (excluding diaryl/α,β-unsaturated/α-hetero) is 1. The zero-order valence-electron chi connectivity index (χ0n) is 20.1. The van der Waals surface area contributed by atoms with E-state index in [1.54, 1.807) is 0 Å². The fourth-order valence-corrected chi connectivity index (χ4v) is 5.25. The topological polar surface area (TPSA) is 66.3 Å². The van der Waals surface area contributed by atoms with Gasteiger partial charge >= 0.3 is 0 Å². The SMILES string of the molecule is CCC(=O)CN1CCC(c2ccc3[nH]c(-c4ccn5nc(C)nc5c4)c(C(C)C)c3c2)CC1. The third-order valence-corrected chi connectivity index (χ3v) is 7.03. The number of hydrogen-bond donors (Lipinski definition) is 1. The molecule has 1 N–H and O–H groups in total. The number of ketones is 1. The highest BCUT2D eigenvalue weighted by molar-refractivity contribution is 5.92. The molecular weight excluding hydrogens is 410 g/mol. The largest absolute Gasteiger partial charge is 0.354 e. The van der Waals surface area contributed by atoms with Gasteiger partial charge < -0.3 is 4.98 Å². The van der Waals surface area contributed by atoms with Crippen LogP contribution in [-0.4, -0.2) is 49.9 Å². The number of aromatic nitrogens is 4. The average molecular weight is 444 g/mol. The minimum absolute atomic E-state index is 0.343. The Bertz CT molecular complexity index is 1310. The lowest BCUT2D eigenvalue weighted by Crippen LogP contribution is -2.36. The molecular formula is C27H33N5O. The minimum atomic E-state index is 0.343. The van der Waals surface area contributed by atoms with Crippen LogP contribution in [0.2, 0.25) is 0 Å². The second kappa shape index (κ2) is 8.75. The van der Waals surface area contributed by atoms with E-state index in [9.17, 15) is 4.79 Å². The van der Waals surface area contributed by atoms with Crippen LogP contribution in [0, 0.1) is 6.92 Å². The normalized spacial score (nSPS) is 15.8. The van der Waals surface area contributed by atoms with E-state index in [0.717, 1.165) is 43.0 Å². The number of piperidine rings is 1. The van der Waals surface area contributed by atoms with E-state index >= 15 is 0 Å². The first-order chi connectivity index (χ1) is 15.9. The van der Waals surface area contributed by atoms with Gasteiger partial charge in [-0.1, -0.05) is 26.8 Å². The maximum absolute atomic E-state index is 11.8. The van der Waals surface area contributed by atoms with E-state index in [4.69, 9.17) is 0 Å². The van der Waals surface area contributed by atoms with Crippen LogP contribution in [0.25, 0.3) is 27.8 Å². The molecule has 0 atom stereocenters. The fourth-order valence-electron chi connectivity index (χ4n) is 5.25. The Morgan fingerprint density at radius 2 is 1.97 bits per heavy atom. The van der Waals surface area contributed by atoms with Crippen molar-refractivity contribution in [1.82, 2.24) is 24.5 Å². The van der Waals surface area contributed by atoms with Crippen LogP contribution in [0.5, 0.6) is 0 Å². The van der Waals surface area contributed by atoms with Gasteiger partial charge in [-0.2, -0.15) is 5.10 Å². The molecule has 172 valence electrons. The fraction of sp³-hybridized carbons (Fsp3) is 0.444. The molecule has 3 aromatic heterocycles. The molecule has 0 amide bonds. The van der Waals surface area contributed by atoms with Gasteiger partial charge in [0.2, 0.25) is 0 Å². The first kappa shape index (κ1) is 21.8. The number of likely N-dealkylation sites (tertiary alicyclic amines) is 1. The number of aryl methyl sites for hydroxylation is 1. The third-order valence-electron chi connectivity index (χ3n) is 7.03. The number of hydrogen-bond acceptors (Lipinski definition) is 4. The Morgan fingerprint density at radius 3 is 2.70 bits per heavy atom. The molecule has 1 aliphatic heterocycles. The number of rotatable bonds is 6. The molecule has 0 radical (unpaired) electrons. The van der Waals surface area contributed by atoms with Gasteiger partial charge in [0.15, 0.2) is 5.65 Å². The monoisotopic (exact) mass is 443 g/mol. The number of carbonyl (C=O) groups excluding carboxylic acids is 1. The molecule has 0 unspecified atom stereocenters. The molecule has 0 aliphatic carbocycles. The Hall–Kier alpha value is -2.99. The lowest BCUT2D eigenvalue weighted by atomic mass is 9.87. The van der Waals surface area contributed by atoms with Crippen molar-refractivity contribution < 1.29 is 4.79 Å². The molecule has 0 spiro atoms. The second-order valence-corrected chi connectivity index (χ2v) is 9.69. The predicted molar refractivity (Wildman–Crippen MR) is 133 cm³/mol. The molecule has 4 aromatic rings. The number of H-pyrrole nitrogens is 1. The molecule has 6 heteroatoms. The van der Waals surface area contributed by atoms with E-state index in [-0.39, 0.29) is 0 Å². The van der Waals surface area contributed by atoms with Crippen LogP contribution >= 0.6 is 0 Å². The predicted octanol–water partition coefficient (Wildman–Crippen LogP) is 5.47. The number of fused-ring (bicyclic) bond motifs is 2. The van der Waals surface area contributed by atoms with Crippen LogP contribution in [-0.2, 0) is 4.79 Å². The van der Waals surface area contributed by atoms with E-state index in [0.29, 0.717) is 30.6 Å². The number of nitrogens with one attached hydrogen (secondary N) is 1. The van der Waals surface area contributed by atoms with Gasteiger partial charge in [0, 0.05) is 29.1 Å². The quantitative estimate of drug-likeness (QED) is 0.429. The molecule has 1 aromatic carbocycles. The number of carbonyl (C=O) groups is 1. The Morgan fingerprint density at radius 1 is 1.18 bits per heavy atom. The van der Waals surface area contributed by atoms with E-state index in [2.05, 4.69) is 64.1 Å². The lowest BCUT2D eigenvalue weighted by molar-refractivity contribution is -0.120. The van der Waals surface area contributed by atoms with Gasteiger partial charge in [-0.3, -0.25) is 9.69 Å². The first-order valence-electron chi connectivity index (χ1n) is 12.2. The van der Waals surface area contributed by atoms with Gasteiger partial charge in [0.1, 0.15) is 11.6 Å². The molecule has 33 heavy (non-hydrogen) atoms. The van der Waals surface area contributed by atoms with Crippen molar-refractivity contribution in [3.63, 3.8) is 0 Å². The van der Waals surface area contributed by atoms with E-state index < -0.39 is 0 Å². The summed E-state index contributed by atoms with van der Waals surface area (Å²) in [6.45, 7) is 11.0. The zero-order chi connectivity index (χ0) is 23.1. The number of nitrogens with zero attached hydrogens (tertiary/aromatic N) is 4. The maximum Gasteiger partial charge on any atom is 0.156 e. The second-order valence-electron chi connectivity index (χ2n) is 9.69. The third kappa shape index (κ3) is 4.20. The van der Waals surface area contributed by atoms with Gasteiger partial charge in [-0.25, -0.2) is 9.50 Å². The zero-order valence-corrected chi connectivity index (χ0v) is 20.1. The van der Waals surface area contributed by atoms with Crippen molar-refractivity contribution in [2.45, 2.75) is 58.8 Å². The molecule has 6 nitrogen and oxygen atoms in total. The molecule has 1 aliphatic rings. The summed E-state index contributed by atoms with van der Waals surface area (Å²) < 4.78 is 1.83. The molecule has 1 saturated heterocycles. The Kier molecular flexibility index (Phi) is 5.79. The van der Waals surface area contributed by atoms with Crippen molar-refractivity contribution in [2.75, 3.05) is 19.6 Å². The summed E-state index contributed by atoms with van der Waals surface area (Å²) in [6, 6.07) is 11.2. The van der Waals surface area contributed by atoms with E-state index in [1.165, 1.54) is 27.7 Å². The van der Waals surface area contributed by atoms with Crippen LogP contribution in [0.3, 0.4) is 0 Å². The Balaban J connectivity index is 1.47. The highest BCUT2D eigenvalue weighted by atomic mass is 16.1. The average Bonchev–Trinajstić information content (AvgIpc) is 3.37. The van der Waals surface area contributed by atoms with Crippen LogP contribution in [0.1, 0.15) is 68.8 Å². The lowest BCUT2D eigenvalue weighted by Gasteiger charge is -2.31. The summed E-state index contributed by atoms with van der Waals surface area (Å²) >= 11 is 0. The molecule has 0 saturated carbocycles. The molecule has 0 bridgehead atoms. The first-order valence-corrected chi connectivity index (χ1v) is 12.2. The molecule has 1 fully saturated rings. The van der Waals surface area contributed by atoms with Crippen molar-refractivity contribution in [1.29, 1.82) is 0 Å². The van der Waals surface area contributed by atoms with Crippen molar-refractivity contribution in [3.05, 3.63) is 53.5 Å². The van der Waals surface area contributed by atoms with Gasteiger partial charge in [0.05, 0.1) is 12.2 Å². The van der Waals surface area contributed by atoms with Gasteiger partial charge in [0.25, 0.3) is 0 Å². The van der Waals surface area contributed by atoms with Crippen molar-refractivity contribution >= 4 is 22.3 Å². The summed E-state index contributed by atoms with van der Waals surface area (Å²) in [5, 5.41) is 5.73. The van der Waals surface area contributed by atoms with Crippen LogP contribution in [0.4, 0.5) is 0 Å². The summed E-state index contributed by atoms with van der Waals surface area (Å²) in [6.07, 6.45) is 4.84. The standard InChI is InChI=1S/C27H33N5O/c1-5-22(33)16-31-11-8-19(9-12-31)20-6-7-24-23(14-20)26(17(2)3)27(29-24)21-10-13-32-25(15-21)28-18(4)30-32/h6-7,10,13-15,17,19,29H,5,8-9,11-12,16H2,1-4H3. The number of benzene rings is 1. The summed E-state index contributed by atoms with van der Waals surface area (Å²) in [5.74, 6) is 2.07. The molecule has 5 rings (SSSR count). The smallest absolute Gasteiger partial charge is 0.156 e. The van der Waals surface area contributed by atoms with Crippen LogP contribution in [0.15, 0.2) is 36.5 Å². The van der Waals surface area contributed by atoms with Crippen molar-refractivity contribution in [2.24, 2.45) is 0 Å². The van der Waals surface area contributed by atoms with Gasteiger partial charge in [-0.15, -0.1) is 0 Å². The maximum atomic E-state index is 11.8. The Labute approximate surface area is 195 Å². The molecule has 4 heterocycles. The summed E-state index contributed by atoms with van der Waals surface area (Å²) in [5.41, 5.74) is 7.14.